The average Bonchev–Trinajstić information content (AvgIpc) is 2.87. The van der Waals surface area contributed by atoms with Gasteiger partial charge in [0.1, 0.15) is 0 Å². The first-order valence-electron chi connectivity index (χ1n) is 3.70. The molecule has 2 rings (SSSR count). The third-order valence-corrected chi connectivity index (χ3v) is 1.17. The van der Waals surface area contributed by atoms with Crippen molar-refractivity contribution in [1.29, 1.82) is 0 Å². The van der Waals surface area contributed by atoms with Crippen LogP contribution in [0.25, 0.3) is 0 Å². The van der Waals surface area contributed by atoms with E-state index in [0.29, 0.717) is 0 Å². The molecule has 0 bridgehead atoms. The van der Waals surface area contributed by atoms with E-state index in [2.05, 4.69) is 46.1 Å². The van der Waals surface area contributed by atoms with E-state index in [1.165, 1.54) is 0 Å². The second-order valence-corrected chi connectivity index (χ2v) is 2.01. The Labute approximate surface area is 105 Å². The zero-order valence-electron chi connectivity index (χ0n) is 7.46. The quantitative estimate of drug-likeness (QED) is 0.465. The monoisotopic (exact) mass is 271 g/mol. The van der Waals surface area contributed by atoms with Gasteiger partial charge in [0, 0.05) is 0 Å². The molecule has 0 saturated carbocycles. The molecule has 0 saturated heterocycles. The van der Waals surface area contributed by atoms with E-state index in [9.17, 15) is 0 Å². The van der Waals surface area contributed by atoms with Gasteiger partial charge in [0.15, 0.2) is 0 Å². The summed E-state index contributed by atoms with van der Waals surface area (Å²) in [6.07, 6.45) is 20.0. The summed E-state index contributed by atoms with van der Waals surface area (Å²) in [6.45, 7) is 0. The normalized spacial score (nSPS) is 14.0. The van der Waals surface area contributed by atoms with E-state index in [1.807, 2.05) is 24.3 Å². The van der Waals surface area contributed by atoms with Crippen LogP contribution in [0.2, 0.25) is 0 Å². The molecule has 0 amide bonds. The Hall–Kier alpha value is 0.154. The Balaban J connectivity index is 0. The number of rotatable bonds is 0. The Morgan fingerprint density at radius 2 is 1.31 bits per heavy atom. The van der Waals surface area contributed by atoms with E-state index in [0.717, 1.165) is 12.8 Å². The minimum Gasteiger partial charge on any atom is -0.323 e. The summed E-state index contributed by atoms with van der Waals surface area (Å²) in [5, 5.41) is 0. The van der Waals surface area contributed by atoms with E-state index in [-0.39, 0.29) is 21.7 Å². The first kappa shape index (κ1) is 15.6. The summed E-state index contributed by atoms with van der Waals surface area (Å²) in [7, 11) is 0. The molecule has 0 aromatic rings. The molecule has 0 nitrogen and oxygen atoms in total. The molecule has 0 atom stereocenters. The Morgan fingerprint density at radius 1 is 0.923 bits per heavy atom. The topological polar surface area (TPSA) is 0 Å². The first-order chi connectivity index (χ1) is 6.00. The smallest absolute Gasteiger partial charge is 0.323 e. The molecule has 0 unspecified atom stereocenters. The van der Waals surface area contributed by atoms with E-state index >= 15 is 0 Å². The number of halogens is 1. The SMILES string of the molecule is [C-]1=CC=CC1.[C-]1=CC=CC1.[CH2-]Br.[Ti+3]. The molecule has 2 aliphatic carbocycles. The van der Waals surface area contributed by atoms with Gasteiger partial charge in [0.2, 0.25) is 0 Å². The number of allylic oxidation sites excluding steroid dienone is 8. The van der Waals surface area contributed by atoms with Crippen molar-refractivity contribution in [3.05, 3.63) is 54.4 Å². The van der Waals surface area contributed by atoms with Gasteiger partial charge in [0.05, 0.1) is 0 Å². The van der Waals surface area contributed by atoms with Crippen LogP contribution in [0.4, 0.5) is 0 Å². The summed E-state index contributed by atoms with van der Waals surface area (Å²) in [5.74, 6) is 3.06. The molecule has 0 N–H and O–H groups in total. The molecule has 0 heterocycles. The zero-order valence-corrected chi connectivity index (χ0v) is 10.6. The average molecular weight is 272 g/mol. The Kier molecular flexibility index (Phi) is 17.6. The van der Waals surface area contributed by atoms with Crippen molar-refractivity contribution in [2.45, 2.75) is 12.8 Å². The van der Waals surface area contributed by atoms with Crippen LogP contribution in [0, 0.1) is 18.0 Å². The fourth-order valence-electron chi connectivity index (χ4n) is 0.680. The van der Waals surface area contributed by atoms with Crippen LogP contribution >= 0.6 is 15.9 Å². The Morgan fingerprint density at radius 3 is 1.38 bits per heavy atom. The van der Waals surface area contributed by atoms with Gasteiger partial charge in [0.25, 0.3) is 0 Å². The van der Waals surface area contributed by atoms with Gasteiger partial charge in [-0.2, -0.15) is 12.2 Å². The van der Waals surface area contributed by atoms with E-state index in [1.54, 1.807) is 0 Å². The maximum absolute atomic E-state index is 3.06. The summed E-state index contributed by atoms with van der Waals surface area (Å²) >= 11 is 2.69. The molecule has 0 aliphatic heterocycles. The first-order valence-corrected chi connectivity index (χ1v) is 4.82. The van der Waals surface area contributed by atoms with Crippen molar-refractivity contribution >= 4 is 15.9 Å². The number of hydrogen-bond acceptors (Lipinski definition) is 0. The summed E-state index contributed by atoms with van der Waals surface area (Å²) in [4.78, 5) is 0. The van der Waals surface area contributed by atoms with Gasteiger partial charge in [-0.05, 0) is 0 Å². The van der Waals surface area contributed by atoms with Crippen molar-refractivity contribution in [3.63, 3.8) is 0 Å². The third-order valence-electron chi connectivity index (χ3n) is 1.17. The minimum atomic E-state index is 0. The predicted molar refractivity (Wildman–Crippen MR) is 57.4 cm³/mol. The van der Waals surface area contributed by atoms with Crippen LogP contribution in [0.5, 0.6) is 0 Å². The molecule has 2 aliphatic rings. The molecule has 13 heavy (non-hydrogen) atoms. The second-order valence-electron chi connectivity index (χ2n) is 2.01. The molecular weight excluding hydrogens is 260 g/mol. The van der Waals surface area contributed by atoms with Crippen molar-refractivity contribution in [1.82, 2.24) is 0 Å². The molecule has 0 spiro atoms. The van der Waals surface area contributed by atoms with Gasteiger partial charge < -0.3 is 15.9 Å². The molecule has 1 radical (unpaired) electrons. The Bertz CT molecular complexity index is 148. The fourth-order valence-corrected chi connectivity index (χ4v) is 0.680. The summed E-state index contributed by atoms with van der Waals surface area (Å²) in [5.41, 5.74) is 0. The largest absolute Gasteiger partial charge is 3.00 e. The summed E-state index contributed by atoms with van der Waals surface area (Å²) in [6, 6.07) is 0. The van der Waals surface area contributed by atoms with Crippen LogP contribution < -0.4 is 0 Å². The molecule has 0 fully saturated rings. The van der Waals surface area contributed by atoms with Gasteiger partial charge in [-0.25, -0.2) is 24.3 Å². The van der Waals surface area contributed by atoms with Gasteiger partial charge in [-0.15, -0.1) is 12.8 Å². The predicted octanol–water partition coefficient (Wildman–Crippen LogP) is 3.78. The van der Waals surface area contributed by atoms with Crippen molar-refractivity contribution in [2.75, 3.05) is 0 Å². The van der Waals surface area contributed by atoms with E-state index in [4.69, 9.17) is 0 Å². The van der Waals surface area contributed by atoms with Crippen molar-refractivity contribution in [3.8, 4) is 0 Å². The van der Waals surface area contributed by atoms with Crippen LogP contribution in [0.3, 0.4) is 0 Å². The molecule has 0 aromatic carbocycles. The maximum atomic E-state index is 3.06. The zero-order chi connectivity index (χ0) is 9.07. The maximum Gasteiger partial charge on any atom is 3.00 e. The molecular formula is C11H12BrTi. The van der Waals surface area contributed by atoms with Crippen molar-refractivity contribution < 1.29 is 21.7 Å². The third kappa shape index (κ3) is 12.2. The van der Waals surface area contributed by atoms with E-state index < -0.39 is 0 Å². The van der Waals surface area contributed by atoms with Crippen LogP contribution in [-0.4, -0.2) is 0 Å². The van der Waals surface area contributed by atoms with Crippen LogP contribution in [0.1, 0.15) is 12.8 Å². The molecule has 2 heteroatoms. The fraction of sp³-hybridized carbons (Fsp3) is 0.182. The van der Waals surface area contributed by atoms with Crippen molar-refractivity contribution in [2.24, 2.45) is 0 Å². The minimum absolute atomic E-state index is 0. The second kappa shape index (κ2) is 14.7. The van der Waals surface area contributed by atoms with Crippen LogP contribution in [0.15, 0.2) is 36.5 Å². The van der Waals surface area contributed by atoms with Gasteiger partial charge in [-0.1, -0.05) is 0 Å². The van der Waals surface area contributed by atoms with Gasteiger partial charge in [-0.3, -0.25) is 18.0 Å². The van der Waals surface area contributed by atoms with Crippen LogP contribution in [-0.2, 0) is 21.7 Å². The number of hydrogen-bond donors (Lipinski definition) is 0. The van der Waals surface area contributed by atoms with Gasteiger partial charge >= 0.3 is 21.7 Å². The standard InChI is InChI=1S/2C5H5.CH2Br.Ti/c2*1-2-4-5-3-1;1-2;/h2*1-3H,4H2;1H2;/q3*-1;+3. The molecule has 0 aromatic heterocycles. The molecule has 67 valence electrons. The summed E-state index contributed by atoms with van der Waals surface area (Å²) < 4.78 is 0.